The number of aliphatic imine (C=N–C) groups is 1. The summed E-state index contributed by atoms with van der Waals surface area (Å²) in [5.74, 6) is 0.536. The molecule has 1 aromatic rings. The van der Waals surface area contributed by atoms with Crippen molar-refractivity contribution < 1.29 is 4.79 Å². The number of guanidine groups is 1. The van der Waals surface area contributed by atoms with Crippen molar-refractivity contribution in [3.8, 4) is 0 Å². The molecule has 2 aliphatic heterocycles. The predicted molar refractivity (Wildman–Crippen MR) is 70.3 cm³/mol. The number of carbonyl (C=O) groups excluding carboxylic acids is 1. The van der Waals surface area contributed by atoms with Gasteiger partial charge in [-0.3, -0.25) is 10.1 Å². The minimum absolute atomic E-state index is 0. The fourth-order valence-corrected chi connectivity index (χ4v) is 2.31. The highest BCUT2D eigenvalue weighted by atomic mass is 35.5. The average Bonchev–Trinajstić information content (AvgIpc) is 2.63. The van der Waals surface area contributed by atoms with Gasteiger partial charge in [0.25, 0.3) is 0 Å². The van der Waals surface area contributed by atoms with Gasteiger partial charge in [-0.15, -0.1) is 12.4 Å². The summed E-state index contributed by atoms with van der Waals surface area (Å²) in [7, 11) is 0. The highest BCUT2D eigenvalue weighted by Crippen LogP contribution is 2.36. The van der Waals surface area contributed by atoms with Crippen LogP contribution in [0.4, 0.5) is 5.69 Å². The fourth-order valence-electron chi connectivity index (χ4n) is 1.91. The second-order valence-corrected chi connectivity index (χ2v) is 4.42. The van der Waals surface area contributed by atoms with E-state index in [1.807, 2.05) is 11.0 Å². The Morgan fingerprint density at radius 1 is 1.35 bits per heavy atom. The Kier molecular flexibility index (Phi) is 3.21. The van der Waals surface area contributed by atoms with Gasteiger partial charge >= 0.3 is 0 Å². The largest absolute Gasteiger partial charge is 0.303 e. The number of nitrogens with zero attached hydrogens (tertiary/aromatic N) is 2. The van der Waals surface area contributed by atoms with Crippen molar-refractivity contribution in [2.24, 2.45) is 4.99 Å². The summed E-state index contributed by atoms with van der Waals surface area (Å²) >= 11 is 12.0. The molecule has 0 saturated carbocycles. The van der Waals surface area contributed by atoms with Gasteiger partial charge in [-0.1, -0.05) is 23.2 Å². The molecule has 2 aliphatic rings. The van der Waals surface area contributed by atoms with Crippen LogP contribution in [0, 0.1) is 0 Å². The lowest BCUT2D eigenvalue weighted by Crippen LogP contribution is -2.33. The molecule has 0 unspecified atom stereocenters. The second-order valence-electron chi connectivity index (χ2n) is 3.63. The number of amides is 1. The van der Waals surface area contributed by atoms with Crippen LogP contribution in [0.5, 0.6) is 0 Å². The molecule has 3 rings (SSSR count). The summed E-state index contributed by atoms with van der Waals surface area (Å²) in [6.07, 6.45) is 0. The van der Waals surface area contributed by atoms with E-state index >= 15 is 0 Å². The molecule has 90 valence electrons. The zero-order valence-corrected chi connectivity index (χ0v) is 10.9. The standard InChI is InChI=1S/C10H7Cl2N3O.ClH/c11-6-1-2-7-5(9(6)12)3-13-10-14-8(16)4-15(7)10;/h1-2H,3-4H2,(H,13,14,16);1H. The third-order valence-electron chi connectivity index (χ3n) is 2.66. The van der Waals surface area contributed by atoms with Gasteiger partial charge in [-0.25, -0.2) is 4.99 Å². The van der Waals surface area contributed by atoms with Crippen LogP contribution in [0.1, 0.15) is 5.56 Å². The number of nitrogens with one attached hydrogen (secondary N) is 1. The number of hydrogen-bond acceptors (Lipinski definition) is 3. The van der Waals surface area contributed by atoms with Crippen LogP contribution in [0.3, 0.4) is 0 Å². The Morgan fingerprint density at radius 3 is 2.88 bits per heavy atom. The smallest absolute Gasteiger partial charge is 0.246 e. The zero-order valence-electron chi connectivity index (χ0n) is 8.54. The lowest BCUT2D eigenvalue weighted by molar-refractivity contribution is -0.117. The Hall–Kier alpha value is -0.970. The number of benzene rings is 1. The number of anilines is 1. The minimum Gasteiger partial charge on any atom is -0.303 e. The quantitative estimate of drug-likeness (QED) is 0.797. The van der Waals surface area contributed by atoms with Gasteiger partial charge in [-0.05, 0) is 12.1 Å². The molecule has 0 aliphatic carbocycles. The van der Waals surface area contributed by atoms with E-state index in [9.17, 15) is 4.79 Å². The predicted octanol–water partition coefficient (Wildman–Crippen LogP) is 2.22. The van der Waals surface area contributed by atoms with Gasteiger partial charge in [0.05, 0.1) is 22.3 Å². The van der Waals surface area contributed by atoms with Crippen molar-refractivity contribution in [1.29, 1.82) is 0 Å². The van der Waals surface area contributed by atoms with Crippen LogP contribution < -0.4 is 10.2 Å². The fraction of sp³-hybridized carbons (Fsp3) is 0.200. The third-order valence-corrected chi connectivity index (χ3v) is 3.50. The maximum absolute atomic E-state index is 11.3. The molecular formula is C10H8Cl3N3O. The highest BCUT2D eigenvalue weighted by Gasteiger charge is 2.31. The summed E-state index contributed by atoms with van der Waals surface area (Å²) in [5, 5.41) is 3.72. The molecule has 1 aromatic carbocycles. The van der Waals surface area contributed by atoms with Gasteiger partial charge in [0.15, 0.2) is 0 Å². The monoisotopic (exact) mass is 291 g/mol. The third kappa shape index (κ3) is 1.86. The molecule has 1 saturated heterocycles. The SMILES string of the molecule is Cl.O=C1CN2C(=NCc3c2ccc(Cl)c3Cl)N1. The Labute approximate surface area is 114 Å². The number of hydrogen-bond donors (Lipinski definition) is 1. The molecule has 0 aromatic heterocycles. The molecule has 0 radical (unpaired) electrons. The van der Waals surface area contributed by atoms with E-state index in [0.717, 1.165) is 11.3 Å². The molecule has 2 heterocycles. The first-order valence-corrected chi connectivity index (χ1v) is 5.51. The van der Waals surface area contributed by atoms with Crippen molar-refractivity contribution in [2.45, 2.75) is 6.54 Å². The van der Waals surface area contributed by atoms with E-state index in [4.69, 9.17) is 23.2 Å². The molecule has 7 heteroatoms. The van der Waals surface area contributed by atoms with E-state index in [1.165, 1.54) is 0 Å². The number of fused-ring (bicyclic) bond motifs is 3. The van der Waals surface area contributed by atoms with Crippen LogP contribution in [-0.2, 0) is 11.3 Å². The van der Waals surface area contributed by atoms with Crippen LogP contribution >= 0.6 is 35.6 Å². The molecule has 1 amide bonds. The first-order valence-electron chi connectivity index (χ1n) is 4.75. The summed E-state index contributed by atoms with van der Waals surface area (Å²) in [5.41, 5.74) is 1.77. The summed E-state index contributed by atoms with van der Waals surface area (Å²) < 4.78 is 0. The van der Waals surface area contributed by atoms with E-state index in [0.29, 0.717) is 22.5 Å². The molecule has 17 heavy (non-hydrogen) atoms. The average molecular weight is 293 g/mol. The number of halogens is 3. The van der Waals surface area contributed by atoms with Crippen LogP contribution in [0.25, 0.3) is 0 Å². The topological polar surface area (TPSA) is 44.7 Å². The van der Waals surface area contributed by atoms with Gasteiger partial charge in [0.1, 0.15) is 6.54 Å². The zero-order chi connectivity index (χ0) is 11.3. The molecule has 1 fully saturated rings. The van der Waals surface area contributed by atoms with Crippen molar-refractivity contribution in [2.75, 3.05) is 11.4 Å². The van der Waals surface area contributed by atoms with E-state index < -0.39 is 0 Å². The van der Waals surface area contributed by atoms with Gasteiger partial charge in [-0.2, -0.15) is 0 Å². The van der Waals surface area contributed by atoms with Crippen molar-refractivity contribution in [3.05, 3.63) is 27.7 Å². The molecule has 4 nitrogen and oxygen atoms in total. The Bertz CT molecular complexity index is 530. The van der Waals surface area contributed by atoms with Crippen molar-refractivity contribution in [1.82, 2.24) is 5.32 Å². The van der Waals surface area contributed by atoms with Gasteiger partial charge < -0.3 is 4.90 Å². The molecule has 0 bridgehead atoms. The van der Waals surface area contributed by atoms with E-state index in [1.54, 1.807) is 6.07 Å². The molecule has 1 N–H and O–H groups in total. The summed E-state index contributed by atoms with van der Waals surface area (Å²) in [6.45, 7) is 0.727. The molecular weight excluding hydrogens is 284 g/mol. The van der Waals surface area contributed by atoms with Crippen LogP contribution in [0.2, 0.25) is 10.0 Å². The second kappa shape index (κ2) is 4.37. The van der Waals surface area contributed by atoms with Crippen molar-refractivity contribution in [3.63, 3.8) is 0 Å². The van der Waals surface area contributed by atoms with E-state index in [-0.39, 0.29) is 24.9 Å². The van der Waals surface area contributed by atoms with Crippen LogP contribution in [-0.4, -0.2) is 18.4 Å². The maximum Gasteiger partial charge on any atom is 0.246 e. The normalized spacial score (nSPS) is 16.7. The van der Waals surface area contributed by atoms with Crippen LogP contribution in [0.15, 0.2) is 17.1 Å². The summed E-state index contributed by atoms with van der Waals surface area (Å²) in [6, 6.07) is 3.59. The first-order chi connectivity index (χ1) is 7.66. The molecule has 0 spiro atoms. The lowest BCUT2D eigenvalue weighted by Gasteiger charge is -2.25. The Balaban J connectivity index is 0.00000108. The number of carbonyl (C=O) groups is 1. The van der Waals surface area contributed by atoms with Crippen molar-refractivity contribution >= 4 is 53.2 Å². The minimum atomic E-state index is -0.0577. The van der Waals surface area contributed by atoms with Gasteiger partial charge in [0.2, 0.25) is 11.9 Å². The number of rotatable bonds is 0. The first kappa shape index (κ1) is 12.5. The summed E-state index contributed by atoms with van der Waals surface area (Å²) in [4.78, 5) is 17.3. The Morgan fingerprint density at radius 2 is 2.12 bits per heavy atom. The lowest BCUT2D eigenvalue weighted by atomic mass is 10.1. The maximum atomic E-state index is 11.3. The highest BCUT2D eigenvalue weighted by molar-refractivity contribution is 6.43. The van der Waals surface area contributed by atoms with E-state index in [2.05, 4.69) is 10.3 Å². The van der Waals surface area contributed by atoms with Gasteiger partial charge in [0, 0.05) is 5.56 Å². The molecule has 0 atom stereocenters.